The third-order valence-corrected chi connectivity index (χ3v) is 3.15. The number of aliphatic hydroxyl groups is 1. The third-order valence-electron chi connectivity index (χ3n) is 3.15. The van der Waals surface area contributed by atoms with E-state index in [1.54, 1.807) is 7.11 Å². The summed E-state index contributed by atoms with van der Waals surface area (Å²) >= 11 is 0. The zero-order chi connectivity index (χ0) is 13.7. The molecule has 2 N–H and O–H groups in total. The Labute approximate surface area is 113 Å². The fourth-order valence-corrected chi connectivity index (χ4v) is 2.21. The lowest BCUT2D eigenvalue weighted by Gasteiger charge is -2.12. The lowest BCUT2D eigenvalue weighted by molar-refractivity contribution is 0.282. The molecule has 0 unspecified atom stereocenters. The Morgan fingerprint density at radius 1 is 1.11 bits per heavy atom. The summed E-state index contributed by atoms with van der Waals surface area (Å²) < 4.78 is 5.36. The second-order valence-corrected chi connectivity index (χ2v) is 4.37. The molecule has 100 valence electrons. The molecule has 0 fully saturated rings. The van der Waals surface area contributed by atoms with Crippen LogP contribution in [0.2, 0.25) is 0 Å². The third kappa shape index (κ3) is 2.95. The standard InChI is InChI=1S/C16H19NO2/c1-17-10-14-9-12(7-8-16(14)19-2)15-6-4-3-5-13(15)11-18/h3-9,17-18H,10-11H2,1-2H3. The molecule has 0 amide bonds. The molecule has 0 aliphatic rings. The minimum atomic E-state index is 0.0452. The fourth-order valence-electron chi connectivity index (χ4n) is 2.21. The molecule has 19 heavy (non-hydrogen) atoms. The predicted molar refractivity (Wildman–Crippen MR) is 77.1 cm³/mol. The number of ether oxygens (including phenoxy) is 1. The van der Waals surface area contributed by atoms with Gasteiger partial charge in [0.05, 0.1) is 13.7 Å². The van der Waals surface area contributed by atoms with Crippen LogP contribution in [-0.2, 0) is 13.2 Å². The van der Waals surface area contributed by atoms with E-state index < -0.39 is 0 Å². The van der Waals surface area contributed by atoms with E-state index in [4.69, 9.17) is 4.74 Å². The van der Waals surface area contributed by atoms with E-state index >= 15 is 0 Å². The number of aliphatic hydroxyl groups excluding tert-OH is 1. The van der Waals surface area contributed by atoms with Gasteiger partial charge >= 0.3 is 0 Å². The van der Waals surface area contributed by atoms with Crippen molar-refractivity contribution in [1.29, 1.82) is 0 Å². The Morgan fingerprint density at radius 2 is 1.89 bits per heavy atom. The molecule has 2 aromatic carbocycles. The lowest BCUT2D eigenvalue weighted by atomic mass is 9.98. The van der Waals surface area contributed by atoms with Gasteiger partial charge in [0.15, 0.2) is 0 Å². The monoisotopic (exact) mass is 257 g/mol. The molecule has 0 heterocycles. The van der Waals surface area contributed by atoms with Gasteiger partial charge in [-0.2, -0.15) is 0 Å². The maximum absolute atomic E-state index is 9.42. The zero-order valence-electron chi connectivity index (χ0n) is 11.3. The summed E-state index contributed by atoms with van der Waals surface area (Å²) in [5.74, 6) is 0.875. The van der Waals surface area contributed by atoms with Crippen LogP contribution < -0.4 is 10.1 Å². The molecule has 3 nitrogen and oxygen atoms in total. The number of nitrogens with one attached hydrogen (secondary N) is 1. The van der Waals surface area contributed by atoms with Crippen LogP contribution in [0.15, 0.2) is 42.5 Å². The minimum absolute atomic E-state index is 0.0452. The average molecular weight is 257 g/mol. The van der Waals surface area contributed by atoms with Crippen LogP contribution in [0.1, 0.15) is 11.1 Å². The molecule has 0 spiro atoms. The van der Waals surface area contributed by atoms with E-state index in [0.717, 1.165) is 34.5 Å². The average Bonchev–Trinajstić information content (AvgIpc) is 2.47. The summed E-state index contributed by atoms with van der Waals surface area (Å²) in [6, 6.07) is 14.0. The second kappa shape index (κ2) is 6.36. The van der Waals surface area contributed by atoms with Gasteiger partial charge < -0.3 is 15.2 Å². The normalized spacial score (nSPS) is 10.5. The largest absolute Gasteiger partial charge is 0.496 e. The number of hydrogen-bond donors (Lipinski definition) is 2. The molecule has 0 aliphatic heterocycles. The van der Waals surface area contributed by atoms with Crippen molar-refractivity contribution >= 4 is 0 Å². The summed E-state index contributed by atoms with van der Waals surface area (Å²) in [5.41, 5.74) is 4.19. The van der Waals surface area contributed by atoms with Crippen molar-refractivity contribution in [1.82, 2.24) is 5.32 Å². The van der Waals surface area contributed by atoms with Crippen LogP contribution in [-0.4, -0.2) is 19.3 Å². The van der Waals surface area contributed by atoms with Crippen molar-refractivity contribution in [3.05, 3.63) is 53.6 Å². The van der Waals surface area contributed by atoms with E-state index in [1.165, 1.54) is 0 Å². The van der Waals surface area contributed by atoms with Crippen molar-refractivity contribution in [3.63, 3.8) is 0 Å². The Balaban J connectivity index is 2.47. The summed E-state index contributed by atoms with van der Waals surface area (Å²) in [6.07, 6.45) is 0. The molecule has 2 rings (SSSR count). The summed E-state index contributed by atoms with van der Waals surface area (Å²) in [6.45, 7) is 0.794. The van der Waals surface area contributed by atoms with Crippen molar-refractivity contribution in [3.8, 4) is 16.9 Å². The topological polar surface area (TPSA) is 41.5 Å². The quantitative estimate of drug-likeness (QED) is 0.865. The van der Waals surface area contributed by atoms with Gasteiger partial charge in [-0.25, -0.2) is 0 Å². The number of rotatable bonds is 5. The van der Waals surface area contributed by atoms with Gasteiger partial charge in [-0.1, -0.05) is 30.3 Å². The van der Waals surface area contributed by atoms with Gasteiger partial charge in [-0.15, -0.1) is 0 Å². The molecule has 0 saturated carbocycles. The summed E-state index contributed by atoms with van der Waals surface area (Å²) in [5, 5.41) is 12.6. The smallest absolute Gasteiger partial charge is 0.123 e. The fraction of sp³-hybridized carbons (Fsp3) is 0.250. The van der Waals surface area contributed by atoms with Crippen LogP contribution >= 0.6 is 0 Å². The van der Waals surface area contributed by atoms with Gasteiger partial charge in [0.1, 0.15) is 5.75 Å². The number of benzene rings is 2. The molecular formula is C16H19NO2. The molecule has 0 aliphatic carbocycles. The first kappa shape index (κ1) is 13.6. The Kier molecular flexibility index (Phi) is 4.55. The Morgan fingerprint density at radius 3 is 2.58 bits per heavy atom. The first-order valence-electron chi connectivity index (χ1n) is 6.30. The van der Waals surface area contributed by atoms with Gasteiger partial charge in [0, 0.05) is 12.1 Å². The zero-order valence-corrected chi connectivity index (χ0v) is 11.3. The van der Waals surface area contributed by atoms with Crippen molar-refractivity contribution in [2.45, 2.75) is 13.2 Å². The highest BCUT2D eigenvalue weighted by Gasteiger charge is 2.08. The molecule has 0 atom stereocenters. The van der Waals surface area contributed by atoms with Crippen LogP contribution in [0.5, 0.6) is 5.75 Å². The highest BCUT2D eigenvalue weighted by molar-refractivity contribution is 5.69. The lowest BCUT2D eigenvalue weighted by Crippen LogP contribution is -2.06. The van der Waals surface area contributed by atoms with E-state index in [1.807, 2.05) is 43.4 Å². The SMILES string of the molecule is CNCc1cc(-c2ccccc2CO)ccc1OC. The summed E-state index contributed by atoms with van der Waals surface area (Å²) in [4.78, 5) is 0. The van der Waals surface area contributed by atoms with E-state index in [0.29, 0.717) is 0 Å². The van der Waals surface area contributed by atoms with E-state index in [-0.39, 0.29) is 6.61 Å². The van der Waals surface area contributed by atoms with Gasteiger partial charge in [-0.3, -0.25) is 0 Å². The molecule has 2 aromatic rings. The summed E-state index contributed by atoms with van der Waals surface area (Å²) in [7, 11) is 3.59. The van der Waals surface area contributed by atoms with Crippen molar-refractivity contribution in [2.75, 3.05) is 14.2 Å². The Hall–Kier alpha value is -1.84. The minimum Gasteiger partial charge on any atom is -0.496 e. The van der Waals surface area contributed by atoms with E-state index in [2.05, 4.69) is 11.4 Å². The van der Waals surface area contributed by atoms with Gasteiger partial charge in [0.25, 0.3) is 0 Å². The molecule has 0 aromatic heterocycles. The van der Waals surface area contributed by atoms with Gasteiger partial charge in [0.2, 0.25) is 0 Å². The second-order valence-electron chi connectivity index (χ2n) is 4.37. The van der Waals surface area contributed by atoms with Crippen LogP contribution in [0.25, 0.3) is 11.1 Å². The van der Waals surface area contributed by atoms with Gasteiger partial charge in [-0.05, 0) is 35.9 Å². The molecule has 0 bridgehead atoms. The Bertz CT molecular complexity index is 552. The molecule has 0 radical (unpaired) electrons. The number of methoxy groups -OCH3 is 1. The first-order chi connectivity index (χ1) is 9.30. The highest BCUT2D eigenvalue weighted by Crippen LogP contribution is 2.29. The van der Waals surface area contributed by atoms with E-state index in [9.17, 15) is 5.11 Å². The number of hydrogen-bond acceptors (Lipinski definition) is 3. The maximum Gasteiger partial charge on any atom is 0.123 e. The maximum atomic E-state index is 9.42. The predicted octanol–water partition coefficient (Wildman–Crippen LogP) is 2.57. The highest BCUT2D eigenvalue weighted by atomic mass is 16.5. The molecule has 3 heteroatoms. The molecule has 0 saturated heterocycles. The van der Waals surface area contributed by atoms with Crippen LogP contribution in [0.4, 0.5) is 0 Å². The van der Waals surface area contributed by atoms with Crippen molar-refractivity contribution in [2.24, 2.45) is 0 Å². The first-order valence-corrected chi connectivity index (χ1v) is 6.30. The molecular weight excluding hydrogens is 238 g/mol. The van der Waals surface area contributed by atoms with Crippen molar-refractivity contribution < 1.29 is 9.84 Å². The van der Waals surface area contributed by atoms with Crippen LogP contribution in [0, 0.1) is 0 Å². The van der Waals surface area contributed by atoms with Crippen LogP contribution in [0.3, 0.4) is 0 Å².